The number of nitrogens with one attached hydrogen (secondary N) is 2. The lowest BCUT2D eigenvalue weighted by Crippen LogP contribution is -2.34. The molecule has 1 saturated heterocycles. The monoisotopic (exact) mass is 373 g/mol. The first kappa shape index (κ1) is 17.0. The van der Waals surface area contributed by atoms with Crippen molar-refractivity contribution in [2.24, 2.45) is 11.3 Å². The molecule has 1 aromatic heterocycles. The van der Waals surface area contributed by atoms with Crippen LogP contribution in [0.15, 0.2) is 41.8 Å². The van der Waals surface area contributed by atoms with Crippen LogP contribution in [0.1, 0.15) is 17.7 Å². The molecular weight excluding hydrogens is 353 g/mol. The summed E-state index contributed by atoms with van der Waals surface area (Å²) in [6, 6.07) is 9.49. The van der Waals surface area contributed by atoms with Crippen LogP contribution in [0, 0.1) is 17.2 Å². The van der Waals surface area contributed by atoms with Crippen LogP contribution >= 0.6 is 11.3 Å². The number of carbonyl (C=O) groups is 2. The fourth-order valence-corrected chi connectivity index (χ4v) is 4.33. The molecule has 2 N–H and O–H groups in total. The average molecular weight is 373 g/mol. The second-order valence-electron chi connectivity index (χ2n) is 7.02. The minimum atomic E-state index is -0.336. The average Bonchev–Trinajstić information content (AvgIpc) is 2.99. The van der Waals surface area contributed by atoms with Crippen molar-refractivity contribution in [2.75, 3.05) is 18.4 Å². The Labute approximate surface area is 155 Å². The first-order valence-electron chi connectivity index (χ1n) is 8.67. The number of rotatable bonds is 4. The maximum absolute atomic E-state index is 12.9. The summed E-state index contributed by atoms with van der Waals surface area (Å²) in [4.78, 5) is 27.7. The molecule has 4 rings (SSSR count). The highest BCUT2D eigenvalue weighted by Gasteiger charge is 2.61. The van der Waals surface area contributed by atoms with Gasteiger partial charge in [-0.05, 0) is 48.6 Å². The molecule has 3 amide bonds. The van der Waals surface area contributed by atoms with Gasteiger partial charge < -0.3 is 15.5 Å². The summed E-state index contributed by atoms with van der Waals surface area (Å²) < 4.78 is 12.9. The molecule has 0 bridgehead atoms. The van der Waals surface area contributed by atoms with Gasteiger partial charge in [-0.2, -0.15) is 0 Å². The summed E-state index contributed by atoms with van der Waals surface area (Å²) in [6.07, 6.45) is 1.69. The van der Waals surface area contributed by atoms with E-state index in [1.54, 1.807) is 16.2 Å². The number of hydrogen-bond donors (Lipinski definition) is 2. The number of amides is 3. The number of nitrogens with zero attached hydrogens (tertiary/aromatic N) is 1. The van der Waals surface area contributed by atoms with Crippen LogP contribution in [-0.2, 0) is 11.3 Å². The Morgan fingerprint density at radius 2 is 2.08 bits per heavy atom. The molecule has 26 heavy (non-hydrogen) atoms. The van der Waals surface area contributed by atoms with E-state index in [9.17, 15) is 14.0 Å². The lowest BCUT2D eigenvalue weighted by atomic mass is 10.0. The van der Waals surface area contributed by atoms with E-state index in [1.165, 1.54) is 24.3 Å². The van der Waals surface area contributed by atoms with Gasteiger partial charge in [-0.15, -0.1) is 11.3 Å². The van der Waals surface area contributed by atoms with Crippen molar-refractivity contribution in [3.63, 3.8) is 0 Å². The minimum absolute atomic E-state index is 0.00826. The predicted molar refractivity (Wildman–Crippen MR) is 98.3 cm³/mol. The van der Waals surface area contributed by atoms with Crippen LogP contribution in [0.4, 0.5) is 14.9 Å². The number of likely N-dealkylation sites (tertiary alicyclic amines) is 1. The van der Waals surface area contributed by atoms with Gasteiger partial charge in [0.2, 0.25) is 5.91 Å². The normalized spacial score (nSPS) is 23.9. The number of anilines is 1. The fraction of sp³-hybridized carbons (Fsp3) is 0.368. The van der Waals surface area contributed by atoms with Crippen LogP contribution in [0.25, 0.3) is 0 Å². The number of benzene rings is 1. The summed E-state index contributed by atoms with van der Waals surface area (Å²) in [5.41, 5.74) is 0.498. The van der Waals surface area contributed by atoms with Crippen molar-refractivity contribution in [1.29, 1.82) is 0 Å². The second kappa shape index (κ2) is 6.72. The van der Waals surface area contributed by atoms with Gasteiger partial charge in [0.25, 0.3) is 0 Å². The summed E-state index contributed by atoms with van der Waals surface area (Å²) in [5, 5.41) is 7.78. The van der Waals surface area contributed by atoms with Crippen molar-refractivity contribution in [3.8, 4) is 0 Å². The van der Waals surface area contributed by atoms with Crippen molar-refractivity contribution in [2.45, 2.75) is 19.4 Å². The number of halogens is 1. The Morgan fingerprint density at radius 1 is 1.27 bits per heavy atom. The van der Waals surface area contributed by atoms with Gasteiger partial charge in [-0.1, -0.05) is 6.07 Å². The highest BCUT2D eigenvalue weighted by atomic mass is 32.1. The maximum Gasteiger partial charge on any atom is 0.321 e. The smallest absolute Gasteiger partial charge is 0.321 e. The van der Waals surface area contributed by atoms with E-state index >= 15 is 0 Å². The minimum Gasteiger partial charge on any atom is -0.351 e. The van der Waals surface area contributed by atoms with Gasteiger partial charge in [0.1, 0.15) is 5.82 Å². The lowest BCUT2D eigenvalue weighted by molar-refractivity contribution is -0.123. The zero-order chi connectivity index (χ0) is 18.1. The predicted octanol–water partition coefficient (Wildman–Crippen LogP) is 3.45. The Morgan fingerprint density at radius 3 is 2.81 bits per heavy atom. The Balaban J connectivity index is 1.29. The third-order valence-electron chi connectivity index (χ3n) is 5.29. The molecule has 2 heterocycles. The maximum atomic E-state index is 12.9. The third kappa shape index (κ3) is 3.44. The van der Waals surface area contributed by atoms with Crippen molar-refractivity contribution in [1.82, 2.24) is 10.2 Å². The van der Waals surface area contributed by atoms with E-state index in [4.69, 9.17) is 0 Å². The van der Waals surface area contributed by atoms with Gasteiger partial charge in [0.05, 0.1) is 6.54 Å². The van der Waals surface area contributed by atoms with E-state index in [-0.39, 0.29) is 29.1 Å². The van der Waals surface area contributed by atoms with Crippen LogP contribution < -0.4 is 10.6 Å². The summed E-state index contributed by atoms with van der Waals surface area (Å²) in [6.45, 7) is 1.80. The van der Waals surface area contributed by atoms with Gasteiger partial charge in [0, 0.05) is 35.0 Å². The molecule has 136 valence electrons. The molecule has 0 radical (unpaired) electrons. The van der Waals surface area contributed by atoms with Gasteiger partial charge in [0.15, 0.2) is 0 Å². The highest BCUT2D eigenvalue weighted by Crippen LogP contribution is 2.58. The number of carbonyl (C=O) groups excluding carboxylic acids is 2. The van der Waals surface area contributed by atoms with Gasteiger partial charge >= 0.3 is 6.03 Å². The van der Waals surface area contributed by atoms with Crippen LogP contribution in [0.3, 0.4) is 0 Å². The van der Waals surface area contributed by atoms with Crippen LogP contribution in [0.5, 0.6) is 0 Å². The number of urea groups is 1. The van der Waals surface area contributed by atoms with Crippen molar-refractivity contribution in [3.05, 3.63) is 52.5 Å². The third-order valence-corrected chi connectivity index (χ3v) is 6.17. The first-order valence-corrected chi connectivity index (χ1v) is 9.55. The van der Waals surface area contributed by atoms with E-state index in [0.29, 0.717) is 25.3 Å². The summed E-state index contributed by atoms with van der Waals surface area (Å²) in [5.74, 6) is -0.261. The number of thiophene rings is 1. The molecule has 1 saturated carbocycles. The van der Waals surface area contributed by atoms with E-state index in [2.05, 4.69) is 10.6 Å². The molecular formula is C19H20FN3O2S. The zero-order valence-corrected chi connectivity index (χ0v) is 15.0. The summed E-state index contributed by atoms with van der Waals surface area (Å²) >= 11 is 1.63. The quantitative estimate of drug-likeness (QED) is 0.862. The first-order chi connectivity index (χ1) is 12.6. The molecule has 1 aliphatic carbocycles. The molecule has 1 spiro atoms. The van der Waals surface area contributed by atoms with Crippen LogP contribution in [0.2, 0.25) is 0 Å². The molecule has 7 heteroatoms. The van der Waals surface area contributed by atoms with Crippen molar-refractivity contribution >= 4 is 29.0 Å². The highest BCUT2D eigenvalue weighted by molar-refractivity contribution is 7.09. The number of hydrogen-bond acceptors (Lipinski definition) is 3. The molecule has 2 fully saturated rings. The molecule has 2 aliphatic rings. The standard InChI is InChI=1S/C19H20FN3O2S/c20-13-3-5-14(6-4-13)22-18(25)23-8-7-19(12-23)10-16(19)17(24)21-11-15-2-1-9-26-15/h1-6,9,16H,7-8,10-12H2,(H,21,24)(H,22,25)/t16-,19-/m1/s1. The van der Waals surface area contributed by atoms with E-state index in [0.717, 1.165) is 17.7 Å². The zero-order valence-electron chi connectivity index (χ0n) is 14.2. The topological polar surface area (TPSA) is 61.4 Å². The van der Waals surface area contributed by atoms with Gasteiger partial charge in [-0.25, -0.2) is 9.18 Å². The van der Waals surface area contributed by atoms with Gasteiger partial charge in [-0.3, -0.25) is 4.79 Å². The SMILES string of the molecule is O=C(NCc1cccs1)[C@H]1C[C@@]12CCN(C(=O)Nc1ccc(F)cc1)C2. The molecule has 0 unspecified atom stereocenters. The fourth-order valence-electron chi connectivity index (χ4n) is 3.68. The lowest BCUT2D eigenvalue weighted by Gasteiger charge is -2.17. The van der Waals surface area contributed by atoms with Crippen molar-refractivity contribution < 1.29 is 14.0 Å². The molecule has 1 aliphatic heterocycles. The molecule has 2 atom stereocenters. The summed E-state index contributed by atoms with van der Waals surface area (Å²) in [7, 11) is 0. The molecule has 2 aromatic rings. The molecule has 1 aromatic carbocycles. The second-order valence-corrected chi connectivity index (χ2v) is 8.06. The van der Waals surface area contributed by atoms with E-state index < -0.39 is 0 Å². The Hall–Kier alpha value is -2.41. The van der Waals surface area contributed by atoms with Crippen LogP contribution in [-0.4, -0.2) is 29.9 Å². The largest absolute Gasteiger partial charge is 0.351 e. The Kier molecular flexibility index (Phi) is 4.40. The Bertz CT molecular complexity index is 809. The molecule has 5 nitrogen and oxygen atoms in total. The van der Waals surface area contributed by atoms with E-state index in [1.807, 2.05) is 17.5 Å².